The molecule has 5 heteroatoms. The van der Waals surface area contributed by atoms with Crippen molar-refractivity contribution in [3.63, 3.8) is 0 Å². The average Bonchev–Trinajstić information content (AvgIpc) is 3.01. The predicted molar refractivity (Wildman–Crippen MR) is 52.6 cm³/mol. The van der Waals surface area contributed by atoms with Crippen LogP contribution in [0.4, 0.5) is 0 Å². The molecule has 0 spiro atoms. The van der Waals surface area contributed by atoms with Gasteiger partial charge in [-0.2, -0.15) is 0 Å². The maximum atomic E-state index is 4.76. The summed E-state index contributed by atoms with van der Waals surface area (Å²) in [6.45, 7) is 0. The van der Waals surface area contributed by atoms with E-state index in [0.717, 1.165) is 34.6 Å². The molecule has 2 aliphatic carbocycles. The molecule has 0 aliphatic heterocycles. The number of hydrogen-bond donors (Lipinski definition) is 0. The first-order valence-corrected chi connectivity index (χ1v) is 11.5. The van der Waals surface area contributed by atoms with E-state index in [1.54, 1.807) is 0 Å². The van der Waals surface area contributed by atoms with Crippen molar-refractivity contribution < 1.29 is 51.7 Å². The van der Waals surface area contributed by atoms with Crippen LogP contribution in [-0.2, 0) is 51.7 Å². The van der Waals surface area contributed by atoms with Crippen molar-refractivity contribution in [2.45, 2.75) is 0 Å². The second kappa shape index (κ2) is 25.3. The normalized spacial score (nSPS) is 16.9. The van der Waals surface area contributed by atoms with Crippen LogP contribution in [0, 0.1) is 64.2 Å². The number of halogens is 2. The van der Waals surface area contributed by atoms with Crippen LogP contribution in [0.15, 0.2) is 0 Å². The minimum Gasteiger partial charge on any atom is 2.00 e. The fraction of sp³-hybridized carbons (Fsp3) is 0. The van der Waals surface area contributed by atoms with Crippen LogP contribution in [0.25, 0.3) is 0 Å². The summed E-state index contributed by atoms with van der Waals surface area (Å²) in [5.41, 5.74) is 0. The first-order chi connectivity index (χ1) is 7.00. The van der Waals surface area contributed by atoms with E-state index in [1.165, 1.54) is 0 Å². The van der Waals surface area contributed by atoms with E-state index in [2.05, 4.69) is 12.8 Å². The SMILES string of the molecule is [C-]1[CH][CH][CH][CH]1.[C-]1[CH][CH][CH][CH]1.[Cl][Zn+].[Cl][Zn+].[Fe+2]. The largest absolute Gasteiger partial charge is 2.00 e. The van der Waals surface area contributed by atoms with E-state index < -0.39 is 0 Å². The van der Waals surface area contributed by atoms with Gasteiger partial charge < -0.3 is 12.8 Å². The van der Waals surface area contributed by atoms with Crippen LogP contribution < -0.4 is 0 Å². The van der Waals surface area contributed by atoms with Crippen molar-refractivity contribution in [2.24, 2.45) is 0 Å². The van der Waals surface area contributed by atoms with E-state index >= 15 is 0 Å². The van der Waals surface area contributed by atoms with Gasteiger partial charge in [-0.3, -0.25) is 0 Å². The molecule has 0 amide bonds. The third kappa shape index (κ3) is 22.1. The first-order valence-electron chi connectivity index (χ1n) is 3.69. The van der Waals surface area contributed by atoms with E-state index in [4.69, 9.17) is 19.4 Å². The monoisotopic (exact) mass is 382 g/mol. The van der Waals surface area contributed by atoms with Gasteiger partial charge in [-0.25, -0.2) is 25.7 Å². The quantitative estimate of drug-likeness (QED) is 0.444. The molecule has 2 fully saturated rings. The van der Waals surface area contributed by atoms with Crippen molar-refractivity contribution in [1.29, 1.82) is 0 Å². The minimum absolute atomic E-state index is 0. The minimum atomic E-state index is 0. The van der Waals surface area contributed by atoms with Gasteiger partial charge in [0.2, 0.25) is 0 Å². The molecule has 2 aliphatic rings. The van der Waals surface area contributed by atoms with Gasteiger partial charge in [0.05, 0.1) is 0 Å². The zero-order chi connectivity index (χ0) is 11.1. The molecule has 0 saturated heterocycles. The summed E-state index contributed by atoms with van der Waals surface area (Å²) in [7, 11) is 9.53. The van der Waals surface area contributed by atoms with Gasteiger partial charge in [-0.15, -0.1) is 0 Å². The third-order valence-electron chi connectivity index (χ3n) is 0.992. The van der Waals surface area contributed by atoms with Crippen molar-refractivity contribution >= 4 is 19.4 Å². The van der Waals surface area contributed by atoms with E-state index in [1.807, 2.05) is 51.4 Å². The molecule has 72 valence electrons. The average molecular weight is 386 g/mol. The predicted octanol–water partition coefficient (Wildman–Crippen LogP) is 3.17. The molecular formula is C10H8Cl2FeZn2+2. The smallest absolute Gasteiger partial charge is 2.00 e. The third-order valence-corrected chi connectivity index (χ3v) is 0.992. The van der Waals surface area contributed by atoms with Crippen molar-refractivity contribution in [2.75, 3.05) is 0 Å². The second-order valence-electron chi connectivity index (χ2n) is 1.77. The Hall–Kier alpha value is 2.35. The Bertz CT molecular complexity index is 54.6. The Kier molecular flexibility index (Phi) is 37.9. The number of hydrogen-bond acceptors (Lipinski definition) is 0. The molecule has 0 bridgehead atoms. The van der Waals surface area contributed by atoms with E-state index in [0.29, 0.717) is 0 Å². The first kappa shape index (κ1) is 22.5. The van der Waals surface area contributed by atoms with Crippen LogP contribution in [0.2, 0.25) is 0 Å². The fourth-order valence-corrected chi connectivity index (χ4v) is 0.556. The molecule has 0 aromatic rings. The molecular weight excluding hydrogens is 378 g/mol. The maximum Gasteiger partial charge on any atom is 2.00 e. The van der Waals surface area contributed by atoms with Crippen molar-refractivity contribution in [3.05, 3.63) is 64.2 Å². The Labute approximate surface area is 134 Å². The molecule has 0 aromatic heterocycles. The summed E-state index contributed by atoms with van der Waals surface area (Å²) < 4.78 is 0. The molecule has 0 heterocycles. The van der Waals surface area contributed by atoms with E-state index in [-0.39, 0.29) is 17.1 Å². The summed E-state index contributed by atoms with van der Waals surface area (Å²) in [6, 6.07) is 0. The maximum absolute atomic E-state index is 4.76. The van der Waals surface area contributed by atoms with Gasteiger partial charge in [0.25, 0.3) is 0 Å². The van der Waals surface area contributed by atoms with Gasteiger partial charge in [0.1, 0.15) is 0 Å². The number of rotatable bonds is 0. The van der Waals surface area contributed by atoms with Crippen molar-refractivity contribution in [1.82, 2.24) is 0 Å². The van der Waals surface area contributed by atoms with Crippen LogP contribution >= 0.6 is 19.4 Å². The Morgan fingerprint density at radius 3 is 0.867 bits per heavy atom. The van der Waals surface area contributed by atoms with Gasteiger partial charge in [0, 0.05) is 0 Å². The second-order valence-corrected chi connectivity index (χ2v) is 1.77. The molecule has 0 nitrogen and oxygen atoms in total. The Balaban J connectivity index is -0.000000138. The van der Waals surface area contributed by atoms with Gasteiger partial charge >= 0.3 is 71.1 Å². The summed E-state index contributed by atoms with van der Waals surface area (Å²) >= 11 is 1.69. The van der Waals surface area contributed by atoms with Crippen molar-refractivity contribution in [3.8, 4) is 0 Å². The summed E-state index contributed by atoms with van der Waals surface area (Å²) in [4.78, 5) is 0. The van der Waals surface area contributed by atoms with Crippen LogP contribution in [0.1, 0.15) is 0 Å². The molecule has 15 heavy (non-hydrogen) atoms. The van der Waals surface area contributed by atoms with Gasteiger partial charge in [0.15, 0.2) is 0 Å². The molecule has 0 atom stereocenters. The standard InChI is InChI=1S/2C5H4.2ClH.Fe.2Zn/c2*1-2-4-5-3-1;;;;;/h2*1-4H;2*1H;;;/q2*-1;;;3*+2/p-2. The fourth-order valence-electron chi connectivity index (χ4n) is 0.556. The molecule has 0 unspecified atom stereocenters. The Morgan fingerprint density at radius 2 is 0.800 bits per heavy atom. The van der Waals surface area contributed by atoms with Crippen LogP contribution in [-0.4, -0.2) is 0 Å². The molecule has 0 N–H and O–H groups in total. The Morgan fingerprint density at radius 1 is 0.600 bits per heavy atom. The summed E-state index contributed by atoms with van der Waals surface area (Å²) in [6.07, 6.45) is 21.0. The topological polar surface area (TPSA) is 0 Å². The zero-order valence-corrected chi connectivity index (χ0v) is 16.7. The summed E-state index contributed by atoms with van der Waals surface area (Å²) in [5, 5.41) is 0. The molecule has 0 aromatic carbocycles. The zero-order valence-electron chi connectivity index (χ0n) is 8.14. The van der Waals surface area contributed by atoms with Crippen LogP contribution in [0.3, 0.4) is 0 Å². The van der Waals surface area contributed by atoms with Gasteiger partial charge in [-0.1, -0.05) is 25.7 Å². The summed E-state index contributed by atoms with van der Waals surface area (Å²) in [5.74, 6) is 0. The van der Waals surface area contributed by atoms with Gasteiger partial charge in [-0.05, 0) is 0 Å². The van der Waals surface area contributed by atoms with E-state index in [9.17, 15) is 0 Å². The van der Waals surface area contributed by atoms with Crippen LogP contribution in [0.5, 0.6) is 0 Å². The molecule has 10 radical (unpaired) electrons. The molecule has 2 saturated carbocycles. The molecule has 2 rings (SSSR count).